The normalized spacial score (nSPS) is 33.5. The molecule has 3 unspecified atom stereocenters. The Kier molecular flexibility index (Phi) is 2.94. The van der Waals surface area contributed by atoms with E-state index in [-0.39, 0.29) is 0 Å². The van der Waals surface area contributed by atoms with E-state index in [1.807, 2.05) is 0 Å². The lowest BCUT2D eigenvalue weighted by molar-refractivity contribution is 0.159. The summed E-state index contributed by atoms with van der Waals surface area (Å²) < 4.78 is 0. The molecule has 0 aliphatic carbocycles. The molecule has 1 N–H and O–H groups in total. The van der Waals surface area contributed by atoms with E-state index < -0.39 is 0 Å². The molecule has 0 aromatic carbocycles. The van der Waals surface area contributed by atoms with Gasteiger partial charge in [0.25, 0.3) is 0 Å². The number of nitrogens with one attached hydrogen (secondary N) is 1. The average Bonchev–Trinajstić information content (AvgIpc) is 1.83. The molecule has 1 rings (SSSR count). The molecule has 1 aliphatic rings. The zero-order valence-corrected chi connectivity index (χ0v) is 8.22. The SMILES string of the molecule is CCC(C)C1CC(C(C)C)N1. The van der Waals surface area contributed by atoms with E-state index in [4.69, 9.17) is 0 Å². The van der Waals surface area contributed by atoms with Gasteiger partial charge in [-0.2, -0.15) is 0 Å². The van der Waals surface area contributed by atoms with Crippen LogP contribution in [-0.4, -0.2) is 12.1 Å². The summed E-state index contributed by atoms with van der Waals surface area (Å²) >= 11 is 0. The second-order valence-corrected chi connectivity index (χ2v) is 4.24. The molecule has 1 aliphatic heterocycles. The largest absolute Gasteiger partial charge is 0.311 e. The van der Waals surface area contributed by atoms with Gasteiger partial charge in [0, 0.05) is 12.1 Å². The summed E-state index contributed by atoms with van der Waals surface area (Å²) in [5.41, 5.74) is 0. The molecular formula is C10H21N. The van der Waals surface area contributed by atoms with E-state index in [2.05, 4.69) is 33.0 Å². The van der Waals surface area contributed by atoms with Crippen molar-refractivity contribution in [1.29, 1.82) is 0 Å². The van der Waals surface area contributed by atoms with E-state index in [1.54, 1.807) is 0 Å². The molecule has 11 heavy (non-hydrogen) atoms. The first kappa shape index (κ1) is 9.05. The molecule has 1 saturated heterocycles. The van der Waals surface area contributed by atoms with Gasteiger partial charge in [-0.05, 0) is 18.3 Å². The van der Waals surface area contributed by atoms with Crippen LogP contribution in [0.1, 0.15) is 40.5 Å². The molecule has 1 heteroatoms. The summed E-state index contributed by atoms with van der Waals surface area (Å²) in [6, 6.07) is 1.61. The van der Waals surface area contributed by atoms with Crippen molar-refractivity contribution in [3.63, 3.8) is 0 Å². The molecule has 0 aromatic heterocycles. The zero-order valence-electron chi connectivity index (χ0n) is 8.22. The standard InChI is InChI=1S/C10H21N/c1-5-8(4)10-6-9(11-10)7(2)3/h7-11H,5-6H2,1-4H3. The van der Waals surface area contributed by atoms with Gasteiger partial charge in [0.1, 0.15) is 0 Å². The summed E-state index contributed by atoms with van der Waals surface area (Å²) in [6.07, 6.45) is 2.70. The number of hydrogen-bond acceptors (Lipinski definition) is 1. The summed E-state index contributed by atoms with van der Waals surface area (Å²) in [5, 5.41) is 3.63. The van der Waals surface area contributed by atoms with Gasteiger partial charge in [-0.1, -0.05) is 34.1 Å². The zero-order chi connectivity index (χ0) is 8.43. The molecule has 0 saturated carbocycles. The highest BCUT2D eigenvalue weighted by atomic mass is 15.0. The molecular weight excluding hydrogens is 134 g/mol. The van der Waals surface area contributed by atoms with E-state index >= 15 is 0 Å². The molecule has 1 heterocycles. The quantitative estimate of drug-likeness (QED) is 0.660. The van der Waals surface area contributed by atoms with Crippen molar-refractivity contribution < 1.29 is 0 Å². The van der Waals surface area contributed by atoms with E-state index in [0.29, 0.717) is 0 Å². The summed E-state index contributed by atoms with van der Waals surface area (Å²) in [7, 11) is 0. The first-order valence-electron chi connectivity index (χ1n) is 4.91. The Labute approximate surface area is 70.6 Å². The average molecular weight is 155 g/mol. The molecule has 0 radical (unpaired) electrons. The second kappa shape index (κ2) is 3.57. The maximum Gasteiger partial charge on any atom is 0.0110 e. The third-order valence-electron chi connectivity index (χ3n) is 3.07. The van der Waals surface area contributed by atoms with E-state index in [0.717, 1.165) is 23.9 Å². The third kappa shape index (κ3) is 1.96. The lowest BCUT2D eigenvalue weighted by Gasteiger charge is -2.43. The van der Waals surface area contributed by atoms with Crippen molar-refractivity contribution in [2.75, 3.05) is 0 Å². The van der Waals surface area contributed by atoms with Crippen molar-refractivity contribution in [1.82, 2.24) is 5.32 Å². The minimum Gasteiger partial charge on any atom is -0.311 e. The Morgan fingerprint density at radius 3 is 2.18 bits per heavy atom. The van der Waals surface area contributed by atoms with Crippen molar-refractivity contribution in [3.8, 4) is 0 Å². The summed E-state index contributed by atoms with van der Waals surface area (Å²) in [4.78, 5) is 0. The maximum atomic E-state index is 3.63. The fourth-order valence-corrected chi connectivity index (χ4v) is 1.67. The van der Waals surface area contributed by atoms with Gasteiger partial charge in [0.05, 0.1) is 0 Å². The van der Waals surface area contributed by atoms with Gasteiger partial charge in [-0.3, -0.25) is 0 Å². The third-order valence-corrected chi connectivity index (χ3v) is 3.07. The summed E-state index contributed by atoms with van der Waals surface area (Å²) in [6.45, 7) is 9.21. The molecule has 3 atom stereocenters. The number of hydrogen-bond donors (Lipinski definition) is 1. The van der Waals surface area contributed by atoms with Crippen LogP contribution in [0.2, 0.25) is 0 Å². The van der Waals surface area contributed by atoms with Crippen LogP contribution in [0.4, 0.5) is 0 Å². The Morgan fingerprint density at radius 2 is 1.82 bits per heavy atom. The van der Waals surface area contributed by atoms with Crippen LogP contribution in [0.5, 0.6) is 0 Å². The second-order valence-electron chi connectivity index (χ2n) is 4.24. The molecule has 1 nitrogen and oxygen atoms in total. The first-order chi connectivity index (χ1) is 5.15. The van der Waals surface area contributed by atoms with Crippen LogP contribution in [-0.2, 0) is 0 Å². The van der Waals surface area contributed by atoms with Gasteiger partial charge in [0.15, 0.2) is 0 Å². The molecule has 0 spiro atoms. The fraction of sp³-hybridized carbons (Fsp3) is 1.00. The van der Waals surface area contributed by atoms with Crippen LogP contribution < -0.4 is 5.32 Å². The Balaban J connectivity index is 2.18. The minimum absolute atomic E-state index is 0.800. The van der Waals surface area contributed by atoms with Crippen molar-refractivity contribution >= 4 is 0 Å². The van der Waals surface area contributed by atoms with Gasteiger partial charge in [-0.15, -0.1) is 0 Å². The van der Waals surface area contributed by atoms with Crippen molar-refractivity contribution in [2.45, 2.75) is 52.6 Å². The highest BCUT2D eigenvalue weighted by Gasteiger charge is 2.32. The summed E-state index contributed by atoms with van der Waals surface area (Å²) in [5.74, 6) is 1.68. The van der Waals surface area contributed by atoms with Crippen LogP contribution >= 0.6 is 0 Å². The van der Waals surface area contributed by atoms with E-state index in [9.17, 15) is 0 Å². The van der Waals surface area contributed by atoms with Crippen molar-refractivity contribution in [3.05, 3.63) is 0 Å². The highest BCUT2D eigenvalue weighted by molar-refractivity contribution is 4.92. The molecule has 0 bridgehead atoms. The Morgan fingerprint density at radius 1 is 1.27 bits per heavy atom. The first-order valence-corrected chi connectivity index (χ1v) is 4.91. The Hall–Kier alpha value is -0.0400. The molecule has 0 aromatic rings. The lowest BCUT2D eigenvalue weighted by atomic mass is 9.81. The predicted octanol–water partition coefficient (Wildman–Crippen LogP) is 2.42. The van der Waals surface area contributed by atoms with Crippen LogP contribution in [0.15, 0.2) is 0 Å². The van der Waals surface area contributed by atoms with Gasteiger partial charge in [-0.25, -0.2) is 0 Å². The number of rotatable bonds is 3. The Bertz CT molecular complexity index is 114. The van der Waals surface area contributed by atoms with Crippen LogP contribution in [0.25, 0.3) is 0 Å². The van der Waals surface area contributed by atoms with Gasteiger partial charge in [0.2, 0.25) is 0 Å². The monoisotopic (exact) mass is 155 g/mol. The van der Waals surface area contributed by atoms with Gasteiger partial charge >= 0.3 is 0 Å². The van der Waals surface area contributed by atoms with Crippen LogP contribution in [0, 0.1) is 11.8 Å². The lowest BCUT2D eigenvalue weighted by Crippen LogP contribution is -2.57. The predicted molar refractivity (Wildman–Crippen MR) is 49.6 cm³/mol. The fourth-order valence-electron chi connectivity index (χ4n) is 1.67. The molecule has 0 amide bonds. The van der Waals surface area contributed by atoms with Crippen LogP contribution in [0.3, 0.4) is 0 Å². The minimum atomic E-state index is 0.800. The smallest absolute Gasteiger partial charge is 0.0110 e. The molecule has 1 fully saturated rings. The topological polar surface area (TPSA) is 12.0 Å². The van der Waals surface area contributed by atoms with E-state index in [1.165, 1.54) is 12.8 Å². The highest BCUT2D eigenvalue weighted by Crippen LogP contribution is 2.25. The molecule has 66 valence electrons. The van der Waals surface area contributed by atoms with Crippen molar-refractivity contribution in [2.24, 2.45) is 11.8 Å². The van der Waals surface area contributed by atoms with Gasteiger partial charge < -0.3 is 5.32 Å². The maximum absolute atomic E-state index is 3.63.